The molecule has 1 aliphatic rings. The second-order valence-electron chi connectivity index (χ2n) is 7.42. The summed E-state index contributed by atoms with van der Waals surface area (Å²) in [6, 6.07) is 6.29. The Hall–Kier alpha value is -3.27. The molecule has 0 radical (unpaired) electrons. The highest BCUT2D eigenvalue weighted by Gasteiger charge is 2.23. The van der Waals surface area contributed by atoms with Crippen molar-refractivity contribution in [2.24, 2.45) is 0 Å². The van der Waals surface area contributed by atoms with Gasteiger partial charge in [-0.2, -0.15) is 0 Å². The number of hydrogen-bond donors (Lipinski definition) is 2. The molecule has 1 saturated heterocycles. The lowest BCUT2D eigenvalue weighted by Gasteiger charge is -2.32. The first kappa shape index (κ1) is 21.4. The SMILES string of the molecule is Cc1cc(C(=O)NC2CCN(CCC(=O)Nc3cccc([N+](=O)[O-])c3C)CC2)no1. The van der Waals surface area contributed by atoms with Gasteiger partial charge in [0.15, 0.2) is 5.69 Å². The molecule has 0 spiro atoms. The molecule has 0 atom stereocenters. The molecule has 1 aromatic carbocycles. The Morgan fingerprint density at radius 2 is 2.03 bits per heavy atom. The molecule has 2 heterocycles. The van der Waals surface area contributed by atoms with Gasteiger partial charge in [0.1, 0.15) is 5.76 Å². The van der Waals surface area contributed by atoms with E-state index in [0.29, 0.717) is 23.6 Å². The molecule has 1 fully saturated rings. The molecule has 0 bridgehead atoms. The molecular formula is C20H25N5O5. The van der Waals surface area contributed by atoms with E-state index in [-0.39, 0.29) is 35.7 Å². The van der Waals surface area contributed by atoms with Gasteiger partial charge in [-0.3, -0.25) is 19.7 Å². The minimum absolute atomic E-state index is 0.0160. The predicted molar refractivity (Wildman–Crippen MR) is 109 cm³/mol. The molecule has 3 rings (SSSR count). The van der Waals surface area contributed by atoms with Crippen LogP contribution in [0.15, 0.2) is 28.8 Å². The molecule has 2 amide bonds. The molecule has 10 heteroatoms. The Bertz CT molecular complexity index is 933. The highest BCUT2D eigenvalue weighted by molar-refractivity contribution is 5.92. The summed E-state index contributed by atoms with van der Waals surface area (Å²) in [4.78, 5) is 37.2. The van der Waals surface area contributed by atoms with Crippen molar-refractivity contribution in [3.05, 3.63) is 51.4 Å². The van der Waals surface area contributed by atoms with E-state index in [2.05, 4.69) is 20.7 Å². The van der Waals surface area contributed by atoms with Crippen molar-refractivity contribution in [2.75, 3.05) is 25.0 Å². The maximum Gasteiger partial charge on any atom is 0.274 e. The first-order valence-electron chi connectivity index (χ1n) is 9.84. The molecule has 10 nitrogen and oxygen atoms in total. The highest BCUT2D eigenvalue weighted by atomic mass is 16.6. The second-order valence-corrected chi connectivity index (χ2v) is 7.42. The molecule has 0 saturated carbocycles. The normalized spacial score (nSPS) is 15.0. The van der Waals surface area contributed by atoms with Gasteiger partial charge in [-0.1, -0.05) is 11.2 Å². The van der Waals surface area contributed by atoms with Crippen LogP contribution in [0.2, 0.25) is 0 Å². The summed E-state index contributed by atoms with van der Waals surface area (Å²) in [6.45, 7) is 5.48. The summed E-state index contributed by atoms with van der Waals surface area (Å²) in [5.74, 6) is 0.168. The zero-order chi connectivity index (χ0) is 21.7. The Morgan fingerprint density at radius 1 is 1.30 bits per heavy atom. The highest BCUT2D eigenvalue weighted by Crippen LogP contribution is 2.25. The van der Waals surface area contributed by atoms with Crippen LogP contribution in [0.1, 0.15) is 41.1 Å². The van der Waals surface area contributed by atoms with Gasteiger partial charge in [0.2, 0.25) is 5.91 Å². The Morgan fingerprint density at radius 3 is 2.67 bits per heavy atom. The summed E-state index contributed by atoms with van der Waals surface area (Å²) in [5.41, 5.74) is 1.16. The van der Waals surface area contributed by atoms with Gasteiger partial charge in [0, 0.05) is 44.2 Å². The number of nitro groups is 1. The van der Waals surface area contributed by atoms with Crippen LogP contribution in [-0.4, -0.2) is 52.5 Å². The average molecular weight is 415 g/mol. The molecule has 160 valence electrons. The number of nitro benzene ring substituents is 1. The van der Waals surface area contributed by atoms with Gasteiger partial charge in [0.25, 0.3) is 11.6 Å². The van der Waals surface area contributed by atoms with E-state index in [4.69, 9.17) is 4.52 Å². The monoisotopic (exact) mass is 415 g/mol. The van der Waals surface area contributed by atoms with Gasteiger partial charge in [-0.15, -0.1) is 0 Å². The number of aromatic nitrogens is 1. The second kappa shape index (κ2) is 9.49. The molecule has 2 N–H and O–H groups in total. The molecule has 30 heavy (non-hydrogen) atoms. The lowest BCUT2D eigenvalue weighted by Crippen LogP contribution is -2.45. The van der Waals surface area contributed by atoms with Crippen molar-refractivity contribution in [1.29, 1.82) is 0 Å². The Kier molecular flexibility index (Phi) is 6.78. The van der Waals surface area contributed by atoms with E-state index < -0.39 is 4.92 Å². The molecule has 0 aliphatic carbocycles. The minimum Gasteiger partial charge on any atom is -0.361 e. The topological polar surface area (TPSA) is 131 Å². The largest absolute Gasteiger partial charge is 0.361 e. The number of benzene rings is 1. The van der Waals surface area contributed by atoms with Crippen LogP contribution in [0.5, 0.6) is 0 Å². The van der Waals surface area contributed by atoms with Gasteiger partial charge >= 0.3 is 0 Å². The number of carbonyl (C=O) groups excluding carboxylic acids is 2. The lowest BCUT2D eigenvalue weighted by molar-refractivity contribution is -0.385. The Balaban J connectivity index is 1.41. The van der Waals surface area contributed by atoms with Crippen LogP contribution in [0.4, 0.5) is 11.4 Å². The fourth-order valence-corrected chi connectivity index (χ4v) is 3.46. The summed E-state index contributed by atoms with van der Waals surface area (Å²) in [6.07, 6.45) is 1.86. The third kappa shape index (κ3) is 5.41. The first-order chi connectivity index (χ1) is 14.3. The minimum atomic E-state index is -0.461. The van der Waals surface area contributed by atoms with Crippen molar-refractivity contribution in [3.63, 3.8) is 0 Å². The van der Waals surface area contributed by atoms with E-state index in [0.717, 1.165) is 25.9 Å². The van der Waals surface area contributed by atoms with Crippen LogP contribution in [-0.2, 0) is 4.79 Å². The van der Waals surface area contributed by atoms with Crippen LogP contribution in [0.25, 0.3) is 0 Å². The van der Waals surface area contributed by atoms with Crippen LogP contribution in [0, 0.1) is 24.0 Å². The smallest absolute Gasteiger partial charge is 0.274 e. The molecule has 0 unspecified atom stereocenters. The number of likely N-dealkylation sites (tertiary alicyclic amines) is 1. The summed E-state index contributed by atoms with van der Waals surface area (Å²) in [7, 11) is 0. The van der Waals surface area contributed by atoms with Gasteiger partial charge < -0.3 is 20.1 Å². The van der Waals surface area contributed by atoms with Gasteiger partial charge in [-0.05, 0) is 32.8 Å². The number of nitrogens with one attached hydrogen (secondary N) is 2. The van der Waals surface area contributed by atoms with Crippen LogP contribution in [0.3, 0.4) is 0 Å². The summed E-state index contributed by atoms with van der Waals surface area (Å²) in [5, 5.41) is 20.5. The summed E-state index contributed by atoms with van der Waals surface area (Å²) < 4.78 is 4.92. The predicted octanol–water partition coefficient (Wildman–Crippen LogP) is 2.42. The van der Waals surface area contributed by atoms with Crippen molar-refractivity contribution in [3.8, 4) is 0 Å². The molecule has 1 aromatic heterocycles. The van der Waals surface area contributed by atoms with Gasteiger partial charge in [-0.25, -0.2) is 0 Å². The third-order valence-electron chi connectivity index (χ3n) is 5.21. The lowest BCUT2D eigenvalue weighted by atomic mass is 10.0. The van der Waals surface area contributed by atoms with E-state index in [1.165, 1.54) is 6.07 Å². The number of nitrogens with zero attached hydrogens (tertiary/aromatic N) is 3. The quantitative estimate of drug-likeness (QED) is 0.524. The molecule has 1 aliphatic heterocycles. The van der Waals surface area contributed by atoms with E-state index in [9.17, 15) is 19.7 Å². The number of anilines is 1. The number of carbonyl (C=O) groups is 2. The van der Waals surface area contributed by atoms with Crippen molar-refractivity contribution in [2.45, 2.75) is 39.2 Å². The molecular weight excluding hydrogens is 390 g/mol. The first-order valence-corrected chi connectivity index (χ1v) is 9.84. The maximum atomic E-state index is 12.3. The van der Waals surface area contributed by atoms with Crippen molar-refractivity contribution in [1.82, 2.24) is 15.4 Å². The van der Waals surface area contributed by atoms with Crippen LogP contribution < -0.4 is 10.6 Å². The van der Waals surface area contributed by atoms with E-state index in [1.807, 2.05) is 0 Å². The fraction of sp³-hybridized carbons (Fsp3) is 0.450. The molecule has 2 aromatic rings. The van der Waals surface area contributed by atoms with Crippen LogP contribution >= 0.6 is 0 Å². The number of aryl methyl sites for hydroxylation is 1. The number of amides is 2. The number of piperidine rings is 1. The number of hydrogen-bond acceptors (Lipinski definition) is 7. The van der Waals surface area contributed by atoms with E-state index in [1.54, 1.807) is 32.0 Å². The third-order valence-corrected chi connectivity index (χ3v) is 5.21. The zero-order valence-electron chi connectivity index (χ0n) is 17.0. The maximum absolute atomic E-state index is 12.3. The van der Waals surface area contributed by atoms with Crippen molar-refractivity contribution >= 4 is 23.2 Å². The number of rotatable bonds is 7. The summed E-state index contributed by atoms with van der Waals surface area (Å²) >= 11 is 0. The zero-order valence-corrected chi connectivity index (χ0v) is 17.0. The standard InChI is InChI=1S/C20H25N5O5/c1-13-12-17(23-30-13)20(27)21-15-6-9-24(10-7-15)11-8-19(26)22-16-4-3-5-18(14(16)2)25(28)29/h3-5,12,15H,6-11H2,1-2H3,(H,21,27)(H,22,26). The van der Waals surface area contributed by atoms with Gasteiger partial charge in [0.05, 0.1) is 16.2 Å². The van der Waals surface area contributed by atoms with Crippen molar-refractivity contribution < 1.29 is 19.0 Å². The average Bonchev–Trinajstić information content (AvgIpc) is 3.15. The fourth-order valence-electron chi connectivity index (χ4n) is 3.46. The van der Waals surface area contributed by atoms with E-state index >= 15 is 0 Å². The Labute approximate surface area is 173 Å².